The highest BCUT2D eigenvalue weighted by Crippen LogP contribution is 2.12. The molecule has 0 N–H and O–H groups in total. The Balaban J connectivity index is 2.70. The molecule has 0 radical (unpaired) electrons. The Morgan fingerprint density at radius 2 is 1.93 bits per heavy atom. The molecule has 0 bridgehead atoms. The number of rotatable bonds is 1. The number of hydrogen-bond donors (Lipinski definition) is 0. The first-order valence-corrected chi connectivity index (χ1v) is 4.43. The minimum Gasteiger partial charge on any atom is -0.432 e. The molecule has 0 aliphatic heterocycles. The van der Waals surface area contributed by atoms with E-state index in [1.165, 1.54) is 0 Å². The Bertz CT molecular complexity index is 365. The van der Waals surface area contributed by atoms with Gasteiger partial charge in [0.05, 0.1) is 11.6 Å². The van der Waals surface area contributed by atoms with E-state index in [1.54, 1.807) is 29.2 Å². The Hall–Kier alpha value is -1.60. The molecule has 0 fully saturated rings. The van der Waals surface area contributed by atoms with Crippen LogP contribution in [0.1, 0.15) is 5.56 Å². The Morgan fingerprint density at radius 3 is 2.36 bits per heavy atom. The molecular weight excluding hydrogens is 196 g/mol. The number of hydrogen-bond acceptors (Lipinski definition) is 3. The number of nitriles is 1. The van der Waals surface area contributed by atoms with Gasteiger partial charge in [0.15, 0.2) is 0 Å². The molecule has 0 aliphatic rings. The summed E-state index contributed by atoms with van der Waals surface area (Å²) in [6, 6.07) is 8.84. The molecule has 4 heteroatoms. The first-order chi connectivity index (χ1) is 6.63. The highest BCUT2D eigenvalue weighted by Gasteiger charge is 2.01. The minimum absolute atomic E-state index is 0.398. The van der Waals surface area contributed by atoms with Crippen molar-refractivity contribution in [2.24, 2.45) is 0 Å². The van der Waals surface area contributed by atoms with E-state index in [9.17, 15) is 0 Å². The fourth-order valence-corrected chi connectivity index (χ4v) is 0.886. The van der Waals surface area contributed by atoms with Crippen LogP contribution in [0.2, 0.25) is 0 Å². The van der Waals surface area contributed by atoms with Crippen molar-refractivity contribution < 1.29 is 4.74 Å². The molecule has 1 aromatic carbocycles. The maximum Gasteiger partial charge on any atom is 0.264 e. The van der Waals surface area contributed by atoms with Crippen LogP contribution in [0.4, 0.5) is 0 Å². The van der Waals surface area contributed by atoms with Crippen LogP contribution in [0.3, 0.4) is 0 Å². The van der Waals surface area contributed by atoms with Gasteiger partial charge in [0, 0.05) is 14.1 Å². The van der Waals surface area contributed by atoms with Crippen molar-refractivity contribution in [1.82, 2.24) is 4.90 Å². The first-order valence-electron chi connectivity index (χ1n) is 4.03. The molecule has 0 unspecified atom stereocenters. The van der Waals surface area contributed by atoms with Gasteiger partial charge >= 0.3 is 0 Å². The number of ether oxygens (including phenoxy) is 1. The van der Waals surface area contributed by atoms with Gasteiger partial charge in [-0.15, -0.1) is 0 Å². The largest absolute Gasteiger partial charge is 0.432 e. The van der Waals surface area contributed by atoms with Crippen LogP contribution in [0.5, 0.6) is 5.75 Å². The second kappa shape index (κ2) is 4.58. The summed E-state index contributed by atoms with van der Waals surface area (Å²) in [5, 5.41) is 8.97. The van der Waals surface area contributed by atoms with E-state index in [1.807, 2.05) is 20.2 Å². The lowest BCUT2D eigenvalue weighted by Gasteiger charge is -2.13. The third-order valence-corrected chi connectivity index (χ3v) is 2.00. The van der Waals surface area contributed by atoms with E-state index < -0.39 is 0 Å². The van der Waals surface area contributed by atoms with Crippen LogP contribution in [0, 0.1) is 11.3 Å². The lowest BCUT2D eigenvalue weighted by Crippen LogP contribution is -2.24. The lowest BCUT2D eigenvalue weighted by atomic mass is 10.2. The van der Waals surface area contributed by atoms with Gasteiger partial charge in [-0.2, -0.15) is 5.26 Å². The van der Waals surface area contributed by atoms with Crippen molar-refractivity contribution >= 4 is 17.4 Å². The summed E-state index contributed by atoms with van der Waals surface area (Å²) < 4.78 is 5.32. The van der Waals surface area contributed by atoms with Crippen LogP contribution in [0.15, 0.2) is 24.3 Å². The predicted octanol–water partition coefficient (Wildman–Crippen LogP) is 1.78. The summed E-state index contributed by atoms with van der Waals surface area (Å²) in [6.07, 6.45) is 0. The maximum absolute atomic E-state index is 8.57. The van der Waals surface area contributed by atoms with Crippen molar-refractivity contribution in [2.75, 3.05) is 14.1 Å². The Kier molecular flexibility index (Phi) is 3.43. The molecule has 3 nitrogen and oxygen atoms in total. The van der Waals surface area contributed by atoms with Crippen LogP contribution >= 0.6 is 12.2 Å². The second-order valence-electron chi connectivity index (χ2n) is 2.90. The third kappa shape index (κ3) is 2.71. The van der Waals surface area contributed by atoms with E-state index in [4.69, 9.17) is 22.2 Å². The molecule has 0 spiro atoms. The van der Waals surface area contributed by atoms with E-state index >= 15 is 0 Å². The molecule has 72 valence electrons. The minimum atomic E-state index is 0.398. The van der Waals surface area contributed by atoms with Gasteiger partial charge in [-0.25, -0.2) is 0 Å². The molecular formula is C10H10N2OS. The van der Waals surface area contributed by atoms with Gasteiger partial charge in [0.25, 0.3) is 5.17 Å². The molecule has 0 heterocycles. The fraction of sp³-hybridized carbons (Fsp3) is 0.200. The normalized spacial score (nSPS) is 8.93. The van der Waals surface area contributed by atoms with Gasteiger partial charge in [-0.05, 0) is 36.5 Å². The summed E-state index contributed by atoms with van der Waals surface area (Å²) >= 11 is 4.96. The standard InChI is InChI=1S/C10H10N2OS/c1-12(2)10(14)13-9-5-3-8(7-11)4-6-9/h3-6H,1-2H3. The smallest absolute Gasteiger partial charge is 0.264 e. The average Bonchev–Trinajstić information content (AvgIpc) is 2.19. The molecule has 0 aromatic heterocycles. The summed E-state index contributed by atoms with van der Waals surface area (Å²) in [7, 11) is 3.62. The van der Waals surface area contributed by atoms with E-state index in [0.29, 0.717) is 16.5 Å². The second-order valence-corrected chi connectivity index (χ2v) is 3.25. The summed E-state index contributed by atoms with van der Waals surface area (Å²) in [5.74, 6) is 0.641. The van der Waals surface area contributed by atoms with Crippen LogP contribution in [0.25, 0.3) is 0 Å². The van der Waals surface area contributed by atoms with Crippen LogP contribution in [-0.2, 0) is 0 Å². The lowest BCUT2D eigenvalue weighted by molar-refractivity contribution is 0.449. The highest BCUT2D eigenvalue weighted by molar-refractivity contribution is 7.80. The topological polar surface area (TPSA) is 36.3 Å². The molecule has 1 aromatic rings. The molecule has 0 amide bonds. The summed E-state index contributed by atoms with van der Waals surface area (Å²) in [4.78, 5) is 1.70. The van der Waals surface area contributed by atoms with Gasteiger partial charge in [-0.3, -0.25) is 0 Å². The van der Waals surface area contributed by atoms with Gasteiger partial charge in [0.1, 0.15) is 5.75 Å². The molecule has 14 heavy (non-hydrogen) atoms. The van der Waals surface area contributed by atoms with E-state index in [0.717, 1.165) is 0 Å². The summed E-state index contributed by atoms with van der Waals surface area (Å²) in [5.41, 5.74) is 0.605. The Labute approximate surface area is 88.5 Å². The highest BCUT2D eigenvalue weighted by atomic mass is 32.1. The number of thiocarbonyl (C=S) groups is 1. The van der Waals surface area contributed by atoms with Gasteiger partial charge in [-0.1, -0.05) is 0 Å². The monoisotopic (exact) mass is 206 g/mol. The number of nitrogens with zero attached hydrogens (tertiary/aromatic N) is 2. The fourth-order valence-electron chi connectivity index (χ4n) is 0.790. The van der Waals surface area contributed by atoms with Crippen molar-refractivity contribution in [2.45, 2.75) is 0 Å². The quantitative estimate of drug-likeness (QED) is 0.656. The average molecular weight is 206 g/mol. The molecule has 0 saturated heterocycles. The van der Waals surface area contributed by atoms with Gasteiger partial charge in [0.2, 0.25) is 0 Å². The zero-order chi connectivity index (χ0) is 10.6. The SMILES string of the molecule is CN(C)C(=S)Oc1ccc(C#N)cc1. The van der Waals surface area contributed by atoms with Crippen LogP contribution in [-0.4, -0.2) is 24.2 Å². The molecule has 0 saturated carbocycles. The van der Waals surface area contributed by atoms with Crippen molar-refractivity contribution in [3.63, 3.8) is 0 Å². The van der Waals surface area contributed by atoms with Crippen molar-refractivity contribution in [3.8, 4) is 11.8 Å². The van der Waals surface area contributed by atoms with Crippen LogP contribution < -0.4 is 4.74 Å². The zero-order valence-electron chi connectivity index (χ0n) is 8.02. The zero-order valence-corrected chi connectivity index (χ0v) is 8.84. The van der Waals surface area contributed by atoms with Crippen molar-refractivity contribution in [1.29, 1.82) is 5.26 Å². The molecule has 0 aliphatic carbocycles. The first kappa shape index (κ1) is 10.5. The maximum atomic E-state index is 8.57. The summed E-state index contributed by atoms with van der Waals surface area (Å²) in [6.45, 7) is 0. The van der Waals surface area contributed by atoms with Crippen molar-refractivity contribution in [3.05, 3.63) is 29.8 Å². The number of benzene rings is 1. The van der Waals surface area contributed by atoms with E-state index in [-0.39, 0.29) is 0 Å². The van der Waals surface area contributed by atoms with Gasteiger partial charge < -0.3 is 9.64 Å². The third-order valence-electron chi connectivity index (χ3n) is 1.55. The molecule has 0 atom stereocenters. The molecule has 1 rings (SSSR count). The predicted molar refractivity (Wildman–Crippen MR) is 58.1 cm³/mol. The Morgan fingerprint density at radius 1 is 1.36 bits per heavy atom. The van der Waals surface area contributed by atoms with E-state index in [2.05, 4.69) is 0 Å².